The Labute approximate surface area is 212 Å². The van der Waals surface area contributed by atoms with Gasteiger partial charge in [-0.15, -0.1) is 0 Å². The maximum absolute atomic E-state index is 14.1. The molecule has 36 heavy (non-hydrogen) atoms. The number of amides is 3. The van der Waals surface area contributed by atoms with Crippen LogP contribution in [0.15, 0.2) is 54.6 Å². The lowest BCUT2D eigenvalue weighted by Crippen LogP contribution is -2.55. The molecular formula is C28H35N3O5. The topological polar surface area (TPSA) is 90.4 Å². The number of para-hydroxylation sites is 1. The Balaban J connectivity index is 1.55. The second kappa shape index (κ2) is 10.2. The summed E-state index contributed by atoms with van der Waals surface area (Å²) in [7, 11) is 0. The molecule has 0 aromatic heterocycles. The molecular weight excluding hydrogens is 458 g/mol. The molecule has 8 heteroatoms. The van der Waals surface area contributed by atoms with E-state index in [9.17, 15) is 19.5 Å². The van der Waals surface area contributed by atoms with Crippen molar-refractivity contribution in [3.8, 4) is 0 Å². The van der Waals surface area contributed by atoms with E-state index in [0.29, 0.717) is 39.0 Å². The molecule has 5 atom stereocenters. The standard InChI is InChI=1S/C28H35N3O5/c1-2-3-15-29-16-10-14-28-23(26(34)31(17-7-8-19-32)24(28)27(29)35)22-21(36-28)13-9-18-30(25(22)33)20-11-5-4-6-12-20/h4-6,9-14,21-24,32H,2-3,7-8,15-19H2,1H3/t21-,22+,23+,24?,28+/m1/s1. The summed E-state index contributed by atoms with van der Waals surface area (Å²) >= 11 is 0. The van der Waals surface area contributed by atoms with Crippen molar-refractivity contribution in [3.05, 3.63) is 54.6 Å². The summed E-state index contributed by atoms with van der Waals surface area (Å²) in [6.45, 7) is 3.92. The molecule has 8 nitrogen and oxygen atoms in total. The summed E-state index contributed by atoms with van der Waals surface area (Å²) < 4.78 is 6.65. The molecule has 0 saturated carbocycles. The summed E-state index contributed by atoms with van der Waals surface area (Å²) in [5.74, 6) is -2.00. The number of aliphatic hydroxyl groups is 1. The maximum Gasteiger partial charge on any atom is 0.249 e. The zero-order chi connectivity index (χ0) is 25.3. The van der Waals surface area contributed by atoms with Crippen LogP contribution in [-0.2, 0) is 19.1 Å². The van der Waals surface area contributed by atoms with Crippen LogP contribution in [-0.4, -0.2) is 83.2 Å². The number of likely N-dealkylation sites (tertiary alicyclic amines) is 1. The summed E-state index contributed by atoms with van der Waals surface area (Å²) in [6.07, 6.45) is 9.99. The van der Waals surface area contributed by atoms with Gasteiger partial charge < -0.3 is 24.5 Å². The fourth-order valence-corrected chi connectivity index (χ4v) is 6.21. The molecule has 2 saturated heterocycles. The maximum atomic E-state index is 14.1. The van der Waals surface area contributed by atoms with Crippen LogP contribution < -0.4 is 4.90 Å². The number of unbranched alkanes of at least 4 members (excludes halogenated alkanes) is 2. The molecule has 0 bridgehead atoms. The Hall–Kier alpha value is -2.97. The van der Waals surface area contributed by atoms with Crippen LogP contribution in [0.3, 0.4) is 0 Å². The van der Waals surface area contributed by atoms with Crippen LogP contribution in [0.1, 0.15) is 32.6 Å². The van der Waals surface area contributed by atoms with E-state index in [1.54, 1.807) is 14.7 Å². The zero-order valence-corrected chi connectivity index (χ0v) is 20.8. The second-order valence-corrected chi connectivity index (χ2v) is 10.1. The molecule has 0 radical (unpaired) electrons. The van der Waals surface area contributed by atoms with Crippen molar-refractivity contribution in [2.75, 3.05) is 37.7 Å². The van der Waals surface area contributed by atoms with Gasteiger partial charge in [0.05, 0.1) is 17.9 Å². The SMILES string of the molecule is CCCCN1CC=C[C@]23O[C@@H]4C=CCN(c5ccccc5)C(=O)[C@@H]4[C@H]2C(=O)N(CCCCO)C3C1=O. The van der Waals surface area contributed by atoms with Crippen LogP contribution >= 0.6 is 0 Å². The number of carbonyl (C=O) groups excluding carboxylic acids is 3. The van der Waals surface area contributed by atoms with Gasteiger partial charge in [-0.25, -0.2) is 0 Å². The van der Waals surface area contributed by atoms with Crippen LogP contribution in [0.5, 0.6) is 0 Å². The minimum Gasteiger partial charge on any atom is -0.396 e. The molecule has 3 amide bonds. The van der Waals surface area contributed by atoms with E-state index in [1.807, 2.05) is 54.6 Å². The van der Waals surface area contributed by atoms with Crippen molar-refractivity contribution in [1.29, 1.82) is 0 Å². The van der Waals surface area contributed by atoms with E-state index in [1.165, 1.54) is 0 Å². The normalized spacial score (nSPS) is 31.4. The number of carbonyl (C=O) groups is 3. The van der Waals surface area contributed by atoms with E-state index in [4.69, 9.17) is 4.74 Å². The van der Waals surface area contributed by atoms with E-state index < -0.39 is 29.6 Å². The summed E-state index contributed by atoms with van der Waals surface area (Å²) in [4.78, 5) is 47.2. The molecule has 1 spiro atoms. The van der Waals surface area contributed by atoms with E-state index in [2.05, 4.69) is 6.92 Å². The Morgan fingerprint density at radius 1 is 0.972 bits per heavy atom. The van der Waals surface area contributed by atoms with Gasteiger partial charge in [0.1, 0.15) is 11.6 Å². The number of benzene rings is 1. The minimum atomic E-state index is -1.19. The fourth-order valence-electron chi connectivity index (χ4n) is 6.21. The van der Waals surface area contributed by atoms with Crippen molar-refractivity contribution in [3.63, 3.8) is 0 Å². The van der Waals surface area contributed by atoms with Crippen LogP contribution in [0.4, 0.5) is 5.69 Å². The molecule has 192 valence electrons. The van der Waals surface area contributed by atoms with Crippen molar-refractivity contribution in [1.82, 2.24) is 9.80 Å². The molecule has 4 aliphatic rings. The summed E-state index contributed by atoms with van der Waals surface area (Å²) in [5, 5.41) is 9.32. The largest absolute Gasteiger partial charge is 0.396 e. The molecule has 1 aromatic rings. The number of rotatable bonds is 8. The third kappa shape index (κ3) is 3.96. The molecule has 4 heterocycles. The lowest BCUT2D eigenvalue weighted by atomic mass is 9.77. The first-order valence-corrected chi connectivity index (χ1v) is 13.1. The monoisotopic (exact) mass is 493 g/mol. The molecule has 4 aliphatic heterocycles. The van der Waals surface area contributed by atoms with Gasteiger partial charge in [0.2, 0.25) is 17.7 Å². The molecule has 5 rings (SSSR count). The van der Waals surface area contributed by atoms with E-state index >= 15 is 0 Å². The number of nitrogens with zero attached hydrogens (tertiary/aromatic N) is 3. The highest BCUT2D eigenvalue weighted by Crippen LogP contribution is 2.53. The number of ether oxygens (including phenoxy) is 1. The van der Waals surface area contributed by atoms with Gasteiger partial charge in [0.25, 0.3) is 0 Å². The smallest absolute Gasteiger partial charge is 0.249 e. The Kier molecular flexibility index (Phi) is 6.99. The first-order chi connectivity index (χ1) is 17.5. The highest BCUT2D eigenvalue weighted by Gasteiger charge is 2.71. The van der Waals surface area contributed by atoms with Crippen LogP contribution in [0.25, 0.3) is 0 Å². The average Bonchev–Trinajstić information content (AvgIpc) is 3.19. The predicted molar refractivity (Wildman–Crippen MR) is 135 cm³/mol. The third-order valence-electron chi connectivity index (χ3n) is 7.90. The van der Waals surface area contributed by atoms with Crippen LogP contribution in [0, 0.1) is 11.8 Å². The van der Waals surface area contributed by atoms with Gasteiger partial charge in [0.15, 0.2) is 0 Å². The summed E-state index contributed by atoms with van der Waals surface area (Å²) in [6, 6.07) is 8.64. The van der Waals surface area contributed by atoms with Gasteiger partial charge in [-0.05, 0) is 31.4 Å². The molecule has 1 unspecified atom stereocenters. The van der Waals surface area contributed by atoms with Gasteiger partial charge in [-0.2, -0.15) is 0 Å². The van der Waals surface area contributed by atoms with Crippen LogP contribution in [0.2, 0.25) is 0 Å². The Bertz CT molecular complexity index is 1060. The first kappa shape index (κ1) is 24.7. The van der Waals surface area contributed by atoms with Gasteiger partial charge in [-0.3, -0.25) is 14.4 Å². The quantitative estimate of drug-likeness (QED) is 0.443. The third-order valence-corrected chi connectivity index (χ3v) is 7.90. The Morgan fingerprint density at radius 2 is 1.78 bits per heavy atom. The van der Waals surface area contributed by atoms with Gasteiger partial charge in [0, 0.05) is 38.5 Å². The average molecular weight is 494 g/mol. The fraction of sp³-hybridized carbons (Fsp3) is 0.536. The number of hydrogen-bond acceptors (Lipinski definition) is 5. The highest BCUT2D eigenvalue weighted by molar-refractivity contribution is 6.03. The second-order valence-electron chi connectivity index (χ2n) is 10.1. The molecule has 1 N–H and O–H groups in total. The minimum absolute atomic E-state index is 0.0221. The first-order valence-electron chi connectivity index (χ1n) is 13.1. The van der Waals surface area contributed by atoms with E-state index in [0.717, 1.165) is 18.5 Å². The molecule has 1 aromatic carbocycles. The van der Waals surface area contributed by atoms with Crippen molar-refractivity contribution in [2.45, 2.75) is 50.4 Å². The predicted octanol–water partition coefficient (Wildman–Crippen LogP) is 2.14. The van der Waals surface area contributed by atoms with Crippen molar-refractivity contribution >= 4 is 23.4 Å². The Morgan fingerprint density at radius 3 is 2.53 bits per heavy atom. The molecule has 0 aliphatic carbocycles. The number of aliphatic hydroxyl groups excluding tert-OH is 1. The number of hydrogen-bond donors (Lipinski definition) is 1. The van der Waals surface area contributed by atoms with Crippen molar-refractivity contribution < 1.29 is 24.2 Å². The highest BCUT2D eigenvalue weighted by atomic mass is 16.5. The number of anilines is 1. The lowest BCUT2D eigenvalue weighted by Gasteiger charge is -2.35. The van der Waals surface area contributed by atoms with Gasteiger partial charge in [-0.1, -0.05) is 55.8 Å². The van der Waals surface area contributed by atoms with Crippen molar-refractivity contribution in [2.24, 2.45) is 11.8 Å². The lowest BCUT2D eigenvalue weighted by molar-refractivity contribution is -0.147. The zero-order valence-electron chi connectivity index (χ0n) is 20.8. The van der Waals surface area contributed by atoms with Gasteiger partial charge >= 0.3 is 0 Å². The molecule has 2 fully saturated rings. The van der Waals surface area contributed by atoms with E-state index in [-0.39, 0.29) is 24.3 Å². The summed E-state index contributed by atoms with van der Waals surface area (Å²) in [5.41, 5.74) is -0.419. The number of fused-ring (bicyclic) bond motifs is 2.